The van der Waals surface area contributed by atoms with Crippen molar-refractivity contribution in [1.82, 2.24) is 9.97 Å². The van der Waals surface area contributed by atoms with Gasteiger partial charge in [-0.15, -0.1) is 0 Å². The average molecular weight is 393 g/mol. The highest BCUT2D eigenvalue weighted by molar-refractivity contribution is 6.31. The molecule has 134 valence electrons. The lowest BCUT2D eigenvalue weighted by Crippen LogP contribution is -2.15. The SMILES string of the molecule is COc1ccc(Cl)cc1CC(=O)OCc1nc2ccc(Cl)cc2c(=O)[nH]1. The summed E-state index contributed by atoms with van der Waals surface area (Å²) in [6.45, 7) is -0.157. The number of nitrogens with one attached hydrogen (secondary N) is 1. The van der Waals surface area contributed by atoms with Gasteiger partial charge in [0.25, 0.3) is 5.56 Å². The molecule has 0 bridgehead atoms. The van der Waals surface area contributed by atoms with Crippen LogP contribution in [0.25, 0.3) is 10.9 Å². The van der Waals surface area contributed by atoms with E-state index in [9.17, 15) is 9.59 Å². The van der Waals surface area contributed by atoms with Crippen LogP contribution >= 0.6 is 23.2 Å². The number of hydrogen-bond donors (Lipinski definition) is 1. The molecule has 2 aromatic carbocycles. The first-order valence-corrected chi connectivity index (χ1v) is 8.38. The van der Waals surface area contributed by atoms with E-state index in [1.807, 2.05) is 0 Å². The van der Waals surface area contributed by atoms with Crippen LogP contribution in [0.15, 0.2) is 41.2 Å². The number of esters is 1. The van der Waals surface area contributed by atoms with Crippen LogP contribution in [0.3, 0.4) is 0 Å². The van der Waals surface area contributed by atoms with Crippen molar-refractivity contribution in [3.05, 3.63) is 68.2 Å². The minimum atomic E-state index is -0.496. The molecule has 0 spiro atoms. The van der Waals surface area contributed by atoms with Gasteiger partial charge in [0.1, 0.15) is 18.2 Å². The number of halogens is 2. The van der Waals surface area contributed by atoms with E-state index < -0.39 is 5.97 Å². The van der Waals surface area contributed by atoms with E-state index in [0.29, 0.717) is 32.3 Å². The molecule has 0 aliphatic heterocycles. The molecular weight excluding hydrogens is 379 g/mol. The summed E-state index contributed by atoms with van der Waals surface area (Å²) in [5.74, 6) is 0.293. The number of hydrogen-bond acceptors (Lipinski definition) is 5. The first kappa shape index (κ1) is 18.2. The Labute approximate surface area is 158 Å². The molecule has 1 heterocycles. The van der Waals surface area contributed by atoms with Crippen molar-refractivity contribution in [2.24, 2.45) is 0 Å². The van der Waals surface area contributed by atoms with Gasteiger partial charge >= 0.3 is 5.97 Å². The van der Waals surface area contributed by atoms with Gasteiger partial charge in [-0.1, -0.05) is 23.2 Å². The van der Waals surface area contributed by atoms with Crippen molar-refractivity contribution in [1.29, 1.82) is 0 Å². The Morgan fingerprint density at radius 2 is 1.88 bits per heavy atom. The molecule has 0 unspecified atom stereocenters. The van der Waals surface area contributed by atoms with Crippen LogP contribution < -0.4 is 10.3 Å². The maximum absolute atomic E-state index is 12.1. The van der Waals surface area contributed by atoms with Gasteiger partial charge in [-0.25, -0.2) is 4.98 Å². The lowest BCUT2D eigenvalue weighted by atomic mass is 10.1. The zero-order valence-electron chi connectivity index (χ0n) is 13.7. The van der Waals surface area contributed by atoms with Crippen molar-refractivity contribution in [2.75, 3.05) is 7.11 Å². The third-order valence-electron chi connectivity index (χ3n) is 3.66. The number of aromatic nitrogens is 2. The van der Waals surface area contributed by atoms with Gasteiger partial charge in [0.05, 0.1) is 24.4 Å². The maximum atomic E-state index is 12.1. The van der Waals surface area contributed by atoms with E-state index in [1.165, 1.54) is 13.2 Å². The molecule has 0 amide bonds. The summed E-state index contributed by atoms with van der Waals surface area (Å²) < 4.78 is 10.4. The molecule has 0 atom stereocenters. The van der Waals surface area contributed by atoms with E-state index >= 15 is 0 Å². The number of methoxy groups -OCH3 is 1. The predicted molar refractivity (Wildman–Crippen MR) is 98.9 cm³/mol. The van der Waals surface area contributed by atoms with E-state index in [4.69, 9.17) is 32.7 Å². The summed E-state index contributed by atoms with van der Waals surface area (Å²) in [5, 5.41) is 1.31. The molecule has 8 heteroatoms. The summed E-state index contributed by atoms with van der Waals surface area (Å²) in [6, 6.07) is 9.79. The Balaban J connectivity index is 1.72. The number of ether oxygens (including phenoxy) is 2. The van der Waals surface area contributed by atoms with E-state index in [0.717, 1.165) is 0 Å². The van der Waals surface area contributed by atoms with Crippen LogP contribution in [0.2, 0.25) is 10.0 Å². The number of benzene rings is 2. The first-order valence-electron chi connectivity index (χ1n) is 7.63. The number of carbonyl (C=O) groups is 1. The van der Waals surface area contributed by atoms with Gasteiger partial charge in [-0.05, 0) is 36.4 Å². The number of rotatable bonds is 5. The quantitative estimate of drug-likeness (QED) is 0.671. The molecule has 1 aromatic heterocycles. The molecule has 3 rings (SSSR count). The van der Waals surface area contributed by atoms with Crippen LogP contribution in [-0.4, -0.2) is 23.0 Å². The van der Waals surface area contributed by atoms with Crippen LogP contribution in [0.5, 0.6) is 5.75 Å². The highest BCUT2D eigenvalue weighted by Gasteiger charge is 2.12. The smallest absolute Gasteiger partial charge is 0.310 e. The van der Waals surface area contributed by atoms with Gasteiger partial charge in [-0.3, -0.25) is 9.59 Å². The highest BCUT2D eigenvalue weighted by Crippen LogP contribution is 2.23. The Morgan fingerprint density at radius 1 is 1.15 bits per heavy atom. The minimum Gasteiger partial charge on any atom is -0.496 e. The standard InChI is InChI=1S/C18H14Cl2N2O4/c1-25-15-5-3-11(19)6-10(15)7-17(23)26-9-16-21-14-4-2-12(20)8-13(14)18(24)22-16/h2-6,8H,7,9H2,1H3,(H,21,22,24). The van der Waals surface area contributed by atoms with Crippen LogP contribution in [-0.2, 0) is 22.6 Å². The van der Waals surface area contributed by atoms with Crippen LogP contribution in [0, 0.1) is 0 Å². The first-order chi connectivity index (χ1) is 12.5. The van der Waals surface area contributed by atoms with E-state index in [1.54, 1.807) is 30.3 Å². The Kier molecular flexibility index (Phi) is 5.44. The lowest BCUT2D eigenvalue weighted by Gasteiger charge is -2.09. The van der Waals surface area contributed by atoms with E-state index in [-0.39, 0.29) is 24.4 Å². The third kappa shape index (κ3) is 4.15. The highest BCUT2D eigenvalue weighted by atomic mass is 35.5. The Morgan fingerprint density at radius 3 is 2.65 bits per heavy atom. The van der Waals surface area contributed by atoms with Gasteiger partial charge in [-0.2, -0.15) is 0 Å². The molecule has 0 aliphatic carbocycles. The lowest BCUT2D eigenvalue weighted by molar-refractivity contribution is -0.144. The molecule has 26 heavy (non-hydrogen) atoms. The zero-order chi connectivity index (χ0) is 18.7. The molecule has 0 radical (unpaired) electrons. The Hall–Kier alpha value is -2.57. The van der Waals surface area contributed by atoms with Gasteiger partial charge in [0, 0.05) is 15.6 Å². The average Bonchev–Trinajstić information content (AvgIpc) is 2.61. The van der Waals surface area contributed by atoms with Gasteiger partial charge in [0.15, 0.2) is 0 Å². The monoisotopic (exact) mass is 392 g/mol. The number of nitrogens with zero attached hydrogens (tertiary/aromatic N) is 1. The molecule has 1 N–H and O–H groups in total. The number of carbonyl (C=O) groups excluding carboxylic acids is 1. The number of fused-ring (bicyclic) bond motifs is 1. The minimum absolute atomic E-state index is 0.0167. The molecular formula is C18H14Cl2N2O4. The second-order valence-corrected chi connectivity index (χ2v) is 6.34. The number of H-pyrrole nitrogens is 1. The summed E-state index contributed by atoms with van der Waals surface area (Å²) in [4.78, 5) is 31.0. The fourth-order valence-electron chi connectivity index (χ4n) is 2.47. The zero-order valence-corrected chi connectivity index (χ0v) is 15.2. The molecule has 0 fully saturated rings. The molecule has 3 aromatic rings. The third-order valence-corrected chi connectivity index (χ3v) is 4.13. The Bertz CT molecular complexity index is 1030. The van der Waals surface area contributed by atoms with Crippen molar-refractivity contribution >= 4 is 40.1 Å². The molecule has 6 nitrogen and oxygen atoms in total. The van der Waals surface area contributed by atoms with Gasteiger partial charge in [0.2, 0.25) is 0 Å². The number of aromatic amines is 1. The summed E-state index contributed by atoms with van der Waals surface area (Å²) in [5.41, 5.74) is 0.736. The van der Waals surface area contributed by atoms with Crippen molar-refractivity contribution in [2.45, 2.75) is 13.0 Å². The van der Waals surface area contributed by atoms with E-state index in [2.05, 4.69) is 9.97 Å². The maximum Gasteiger partial charge on any atom is 0.310 e. The predicted octanol–water partition coefficient (Wildman–Crippen LogP) is 3.52. The summed E-state index contributed by atoms with van der Waals surface area (Å²) in [7, 11) is 1.51. The van der Waals surface area contributed by atoms with Crippen molar-refractivity contribution < 1.29 is 14.3 Å². The topological polar surface area (TPSA) is 81.3 Å². The fraction of sp³-hybridized carbons (Fsp3) is 0.167. The molecule has 0 saturated carbocycles. The largest absolute Gasteiger partial charge is 0.496 e. The fourth-order valence-corrected chi connectivity index (χ4v) is 2.84. The van der Waals surface area contributed by atoms with Crippen molar-refractivity contribution in [3.8, 4) is 5.75 Å². The summed E-state index contributed by atoms with van der Waals surface area (Å²) in [6.07, 6.45) is -0.0167. The van der Waals surface area contributed by atoms with Crippen LogP contribution in [0.1, 0.15) is 11.4 Å². The molecule has 0 saturated heterocycles. The van der Waals surface area contributed by atoms with Gasteiger partial charge < -0.3 is 14.5 Å². The second-order valence-electron chi connectivity index (χ2n) is 5.47. The van der Waals surface area contributed by atoms with Crippen LogP contribution in [0.4, 0.5) is 0 Å². The summed E-state index contributed by atoms with van der Waals surface area (Å²) >= 11 is 11.8. The normalized spacial score (nSPS) is 10.7. The van der Waals surface area contributed by atoms with Crippen molar-refractivity contribution in [3.63, 3.8) is 0 Å². The second kappa shape index (κ2) is 7.76. The molecule has 0 aliphatic rings.